The predicted octanol–water partition coefficient (Wildman–Crippen LogP) is 3.72. The normalized spacial score (nSPS) is 23.6. The van der Waals surface area contributed by atoms with Gasteiger partial charge in [0.1, 0.15) is 11.9 Å². The lowest BCUT2D eigenvalue weighted by atomic mass is 10.0. The molecular weight excluding hydrogens is 222 g/mol. The van der Waals surface area contributed by atoms with Gasteiger partial charge in [-0.15, -0.1) is 0 Å². The van der Waals surface area contributed by atoms with Gasteiger partial charge in [0.2, 0.25) is 0 Å². The minimum atomic E-state index is 0.340. The molecule has 0 saturated heterocycles. The minimum absolute atomic E-state index is 0.340. The predicted molar refractivity (Wildman–Crippen MR) is 76.3 cm³/mol. The molecule has 1 aromatic carbocycles. The highest BCUT2D eigenvalue weighted by molar-refractivity contribution is 5.30. The van der Waals surface area contributed by atoms with Gasteiger partial charge in [-0.2, -0.15) is 0 Å². The van der Waals surface area contributed by atoms with Crippen LogP contribution in [0.3, 0.4) is 0 Å². The second-order valence-electron chi connectivity index (χ2n) is 5.48. The lowest BCUT2D eigenvalue weighted by molar-refractivity contribution is 0.175. The first-order valence-electron chi connectivity index (χ1n) is 7.20. The van der Waals surface area contributed by atoms with Gasteiger partial charge in [0.15, 0.2) is 0 Å². The molecule has 0 spiro atoms. The Hall–Kier alpha value is -1.02. The number of benzene rings is 1. The summed E-state index contributed by atoms with van der Waals surface area (Å²) in [6.45, 7) is 7.62. The number of likely N-dealkylation sites (N-methyl/N-ethyl adjacent to an activating group) is 1. The first kappa shape index (κ1) is 13.4. The van der Waals surface area contributed by atoms with E-state index in [-0.39, 0.29) is 0 Å². The number of hydrogen-bond acceptors (Lipinski definition) is 2. The summed E-state index contributed by atoms with van der Waals surface area (Å²) in [6.07, 6.45) is 4.02. The van der Waals surface area contributed by atoms with Crippen LogP contribution in [-0.4, -0.2) is 18.7 Å². The minimum Gasteiger partial charge on any atom is -0.489 e. The molecule has 1 aliphatic rings. The topological polar surface area (TPSA) is 21.3 Å². The zero-order valence-electron chi connectivity index (χ0n) is 11.8. The zero-order valence-corrected chi connectivity index (χ0v) is 11.8. The second-order valence-corrected chi connectivity index (χ2v) is 5.48. The fourth-order valence-corrected chi connectivity index (χ4v) is 2.68. The summed E-state index contributed by atoms with van der Waals surface area (Å²) in [5.41, 5.74) is 1.35. The van der Waals surface area contributed by atoms with Crippen LogP contribution in [0.2, 0.25) is 0 Å². The van der Waals surface area contributed by atoms with Crippen molar-refractivity contribution in [2.75, 3.05) is 6.54 Å². The summed E-state index contributed by atoms with van der Waals surface area (Å²) >= 11 is 0. The van der Waals surface area contributed by atoms with E-state index in [9.17, 15) is 0 Å². The van der Waals surface area contributed by atoms with Gasteiger partial charge in [0.05, 0.1) is 0 Å². The summed E-state index contributed by atoms with van der Waals surface area (Å²) in [5, 5.41) is 3.53. The van der Waals surface area contributed by atoms with Gasteiger partial charge in [-0.3, -0.25) is 0 Å². The molecule has 1 saturated carbocycles. The van der Waals surface area contributed by atoms with Crippen LogP contribution in [0.15, 0.2) is 24.3 Å². The summed E-state index contributed by atoms with van der Waals surface area (Å²) in [6, 6.07) is 9.06. The maximum atomic E-state index is 6.17. The van der Waals surface area contributed by atoms with E-state index in [4.69, 9.17) is 4.74 Å². The largest absolute Gasteiger partial charge is 0.489 e. The van der Waals surface area contributed by atoms with Crippen LogP contribution in [-0.2, 0) is 0 Å². The lowest BCUT2D eigenvalue weighted by Crippen LogP contribution is -2.38. The first-order valence-corrected chi connectivity index (χ1v) is 7.20. The molecule has 2 heteroatoms. The fourth-order valence-electron chi connectivity index (χ4n) is 2.68. The van der Waals surface area contributed by atoms with Crippen LogP contribution < -0.4 is 10.1 Å². The van der Waals surface area contributed by atoms with Crippen molar-refractivity contribution in [2.45, 2.75) is 58.1 Å². The first-order chi connectivity index (χ1) is 8.70. The van der Waals surface area contributed by atoms with Gasteiger partial charge in [0, 0.05) is 6.04 Å². The molecule has 0 aliphatic heterocycles. The summed E-state index contributed by atoms with van der Waals surface area (Å²) < 4.78 is 6.17. The number of nitrogens with one attached hydrogen (secondary N) is 1. The molecule has 2 nitrogen and oxygen atoms in total. The molecule has 0 aromatic heterocycles. The fraction of sp³-hybridized carbons (Fsp3) is 0.625. The number of hydrogen-bond donors (Lipinski definition) is 1. The highest BCUT2D eigenvalue weighted by Gasteiger charge is 2.28. The third-order valence-electron chi connectivity index (χ3n) is 3.73. The van der Waals surface area contributed by atoms with E-state index in [1.165, 1.54) is 24.8 Å². The van der Waals surface area contributed by atoms with E-state index >= 15 is 0 Å². The van der Waals surface area contributed by atoms with E-state index in [0.29, 0.717) is 18.1 Å². The van der Waals surface area contributed by atoms with E-state index in [0.717, 1.165) is 12.3 Å². The molecule has 1 fully saturated rings. The molecule has 1 aromatic rings. The van der Waals surface area contributed by atoms with E-state index < -0.39 is 0 Å². The molecule has 18 heavy (non-hydrogen) atoms. The maximum Gasteiger partial charge on any atom is 0.120 e. The molecular formula is C16H25NO. The lowest BCUT2D eigenvalue weighted by Gasteiger charge is -2.22. The van der Waals surface area contributed by atoms with Gasteiger partial charge in [0.25, 0.3) is 0 Å². The van der Waals surface area contributed by atoms with Crippen LogP contribution in [0.25, 0.3) is 0 Å². The molecule has 100 valence electrons. The highest BCUT2D eigenvalue weighted by atomic mass is 16.5. The van der Waals surface area contributed by atoms with Crippen molar-refractivity contribution in [3.63, 3.8) is 0 Å². The highest BCUT2D eigenvalue weighted by Crippen LogP contribution is 2.26. The standard InChI is InChI=1S/C16H25NO/c1-4-17-15-9-6-10-16(15)18-14-8-5-7-13(11-14)12(2)3/h5,7-8,11-12,15-17H,4,6,9-10H2,1-3H3. The number of ether oxygens (including phenoxy) is 1. The van der Waals surface area contributed by atoms with Gasteiger partial charge in [-0.1, -0.05) is 32.9 Å². The molecule has 2 atom stereocenters. The Morgan fingerprint density at radius 2 is 2.17 bits per heavy atom. The van der Waals surface area contributed by atoms with Crippen LogP contribution >= 0.6 is 0 Å². The average molecular weight is 247 g/mol. The Labute approximate surface area is 111 Å². The zero-order chi connectivity index (χ0) is 13.0. The Morgan fingerprint density at radius 3 is 2.89 bits per heavy atom. The van der Waals surface area contributed by atoms with Crippen LogP contribution in [0.5, 0.6) is 5.75 Å². The van der Waals surface area contributed by atoms with Crippen molar-refractivity contribution in [3.05, 3.63) is 29.8 Å². The van der Waals surface area contributed by atoms with Gasteiger partial charge >= 0.3 is 0 Å². The molecule has 0 heterocycles. The molecule has 0 amide bonds. The van der Waals surface area contributed by atoms with E-state index in [1.54, 1.807) is 0 Å². The quantitative estimate of drug-likeness (QED) is 0.856. The van der Waals surface area contributed by atoms with Crippen molar-refractivity contribution in [1.29, 1.82) is 0 Å². The second kappa shape index (κ2) is 6.24. The molecule has 2 rings (SSSR count). The maximum absolute atomic E-state index is 6.17. The molecule has 1 N–H and O–H groups in total. The van der Waals surface area contributed by atoms with Gasteiger partial charge in [-0.25, -0.2) is 0 Å². The monoisotopic (exact) mass is 247 g/mol. The summed E-state index contributed by atoms with van der Waals surface area (Å²) in [7, 11) is 0. The summed E-state index contributed by atoms with van der Waals surface area (Å²) in [5.74, 6) is 1.58. The van der Waals surface area contributed by atoms with Crippen molar-refractivity contribution < 1.29 is 4.74 Å². The number of rotatable bonds is 5. The smallest absolute Gasteiger partial charge is 0.120 e. The molecule has 1 aliphatic carbocycles. The van der Waals surface area contributed by atoms with Crippen LogP contribution in [0.1, 0.15) is 51.5 Å². The van der Waals surface area contributed by atoms with E-state index in [1.807, 2.05) is 0 Å². The third-order valence-corrected chi connectivity index (χ3v) is 3.73. The van der Waals surface area contributed by atoms with Crippen LogP contribution in [0, 0.1) is 0 Å². The molecule has 2 unspecified atom stereocenters. The van der Waals surface area contributed by atoms with Crippen molar-refractivity contribution in [2.24, 2.45) is 0 Å². The van der Waals surface area contributed by atoms with Gasteiger partial charge in [-0.05, 0) is 49.4 Å². The Morgan fingerprint density at radius 1 is 1.33 bits per heavy atom. The van der Waals surface area contributed by atoms with Crippen LogP contribution in [0.4, 0.5) is 0 Å². The summed E-state index contributed by atoms with van der Waals surface area (Å²) in [4.78, 5) is 0. The molecule has 0 radical (unpaired) electrons. The molecule has 0 bridgehead atoms. The van der Waals surface area contributed by atoms with Crippen molar-refractivity contribution in [3.8, 4) is 5.75 Å². The van der Waals surface area contributed by atoms with Crippen molar-refractivity contribution in [1.82, 2.24) is 5.32 Å². The average Bonchev–Trinajstić information content (AvgIpc) is 2.77. The van der Waals surface area contributed by atoms with Crippen molar-refractivity contribution >= 4 is 0 Å². The Kier molecular flexibility index (Phi) is 4.65. The SMILES string of the molecule is CCNC1CCCC1Oc1cccc(C(C)C)c1. The van der Waals surface area contributed by atoms with Gasteiger partial charge < -0.3 is 10.1 Å². The van der Waals surface area contributed by atoms with E-state index in [2.05, 4.69) is 50.4 Å². The third kappa shape index (κ3) is 3.26. The Balaban J connectivity index is 2.02. The Bertz CT molecular complexity index is 375.